The molecule has 7 heteroatoms. The van der Waals surface area contributed by atoms with Crippen molar-refractivity contribution < 1.29 is 4.74 Å². The Morgan fingerprint density at radius 3 is 2.43 bits per heavy atom. The van der Waals surface area contributed by atoms with Crippen LogP contribution in [-0.2, 0) is 4.74 Å². The number of aliphatic imine (C=N–C) groups is 1. The summed E-state index contributed by atoms with van der Waals surface area (Å²) in [6.45, 7) is 20.0. The Labute approximate surface area is 190 Å². The molecule has 28 heavy (non-hydrogen) atoms. The molecular weight excluding hydrogens is 465 g/mol. The summed E-state index contributed by atoms with van der Waals surface area (Å²) in [5, 5.41) is 7.08. The monoisotopic (exact) mass is 509 g/mol. The molecule has 2 saturated heterocycles. The van der Waals surface area contributed by atoms with Crippen molar-refractivity contribution in [3.8, 4) is 0 Å². The van der Waals surface area contributed by atoms with E-state index in [2.05, 4.69) is 60.0 Å². The molecule has 0 radical (unpaired) electrons. The summed E-state index contributed by atoms with van der Waals surface area (Å²) in [6.07, 6.45) is 2.70. The molecule has 2 rings (SSSR count). The molecule has 0 aromatic rings. The zero-order valence-corrected chi connectivity index (χ0v) is 21.3. The lowest BCUT2D eigenvalue weighted by Gasteiger charge is -2.40. The van der Waals surface area contributed by atoms with Gasteiger partial charge in [0.1, 0.15) is 0 Å². The second-order valence-corrected chi connectivity index (χ2v) is 9.21. The van der Waals surface area contributed by atoms with Gasteiger partial charge in [-0.25, -0.2) is 0 Å². The average molecular weight is 510 g/mol. The fourth-order valence-electron chi connectivity index (χ4n) is 4.35. The highest BCUT2D eigenvalue weighted by Gasteiger charge is 2.35. The summed E-state index contributed by atoms with van der Waals surface area (Å²) in [7, 11) is 1.86. The third-order valence-corrected chi connectivity index (χ3v) is 6.10. The van der Waals surface area contributed by atoms with Crippen LogP contribution < -0.4 is 10.6 Å². The van der Waals surface area contributed by atoms with E-state index in [-0.39, 0.29) is 29.4 Å². The number of likely N-dealkylation sites (N-methyl/N-ethyl adjacent to an activating group) is 1. The van der Waals surface area contributed by atoms with E-state index in [9.17, 15) is 0 Å². The number of guanidine groups is 1. The minimum absolute atomic E-state index is 0. The number of piperazine rings is 1. The van der Waals surface area contributed by atoms with Crippen LogP contribution in [-0.4, -0.2) is 87.4 Å². The Bertz CT molecular complexity index is 460. The Morgan fingerprint density at radius 2 is 1.86 bits per heavy atom. The molecule has 2 fully saturated rings. The standard InChI is InChI=1S/C21H43N5O.HI/c1-7-25-10-12-26(13-11-25)17(2)15-23-20(22-6)24-16-18-9-8-14-27-19(18)21(3,4)5;/h17-19H,7-16H2,1-6H3,(H2,22,23,24);1H. The van der Waals surface area contributed by atoms with Gasteiger partial charge in [-0.1, -0.05) is 27.7 Å². The van der Waals surface area contributed by atoms with Crippen molar-refractivity contribution in [2.45, 2.75) is 59.6 Å². The van der Waals surface area contributed by atoms with Crippen molar-refractivity contribution in [1.29, 1.82) is 0 Å². The molecule has 2 N–H and O–H groups in total. The van der Waals surface area contributed by atoms with Crippen molar-refractivity contribution in [1.82, 2.24) is 20.4 Å². The molecule has 0 aliphatic carbocycles. The average Bonchev–Trinajstić information content (AvgIpc) is 2.67. The Morgan fingerprint density at radius 1 is 1.18 bits per heavy atom. The molecule has 166 valence electrons. The van der Waals surface area contributed by atoms with Crippen molar-refractivity contribution in [3.05, 3.63) is 0 Å². The predicted molar refractivity (Wildman–Crippen MR) is 130 cm³/mol. The van der Waals surface area contributed by atoms with Gasteiger partial charge in [0.2, 0.25) is 0 Å². The summed E-state index contributed by atoms with van der Waals surface area (Å²) in [6, 6.07) is 0.517. The van der Waals surface area contributed by atoms with E-state index < -0.39 is 0 Å². The summed E-state index contributed by atoms with van der Waals surface area (Å²) in [5.41, 5.74) is 0.179. The number of nitrogens with one attached hydrogen (secondary N) is 2. The molecule has 0 aromatic heterocycles. The number of halogens is 1. The van der Waals surface area contributed by atoms with Gasteiger partial charge in [-0.2, -0.15) is 0 Å². The lowest BCUT2D eigenvalue weighted by atomic mass is 9.78. The predicted octanol–water partition coefficient (Wildman–Crippen LogP) is 2.64. The van der Waals surface area contributed by atoms with Crippen molar-refractivity contribution in [2.24, 2.45) is 16.3 Å². The number of nitrogens with zero attached hydrogens (tertiary/aromatic N) is 3. The molecule has 2 heterocycles. The maximum atomic E-state index is 6.11. The Kier molecular flexibility index (Phi) is 11.6. The van der Waals surface area contributed by atoms with E-state index in [1.807, 2.05) is 7.05 Å². The van der Waals surface area contributed by atoms with E-state index >= 15 is 0 Å². The fourth-order valence-corrected chi connectivity index (χ4v) is 4.35. The number of hydrogen-bond donors (Lipinski definition) is 2. The topological polar surface area (TPSA) is 52.1 Å². The van der Waals surface area contributed by atoms with Gasteiger partial charge in [-0.15, -0.1) is 24.0 Å². The van der Waals surface area contributed by atoms with E-state index in [4.69, 9.17) is 4.74 Å². The third-order valence-electron chi connectivity index (χ3n) is 6.10. The maximum Gasteiger partial charge on any atom is 0.191 e. The summed E-state index contributed by atoms with van der Waals surface area (Å²) >= 11 is 0. The van der Waals surface area contributed by atoms with E-state index in [0.717, 1.165) is 51.7 Å². The zero-order valence-electron chi connectivity index (χ0n) is 19.0. The minimum atomic E-state index is 0. The lowest BCUT2D eigenvalue weighted by Crippen LogP contribution is -2.53. The molecule has 6 nitrogen and oxygen atoms in total. The molecule has 3 atom stereocenters. The number of rotatable bonds is 6. The van der Waals surface area contributed by atoms with Crippen LogP contribution >= 0.6 is 24.0 Å². The summed E-state index contributed by atoms with van der Waals surface area (Å²) in [5.74, 6) is 1.45. The second kappa shape index (κ2) is 12.5. The van der Waals surface area contributed by atoms with E-state index in [0.29, 0.717) is 18.1 Å². The lowest BCUT2D eigenvalue weighted by molar-refractivity contribution is -0.0835. The molecule has 3 unspecified atom stereocenters. The van der Waals surface area contributed by atoms with Gasteiger partial charge in [0, 0.05) is 64.9 Å². The Balaban J connectivity index is 0.00000392. The summed E-state index contributed by atoms with van der Waals surface area (Å²) in [4.78, 5) is 9.53. The van der Waals surface area contributed by atoms with Gasteiger partial charge in [0.05, 0.1) is 6.10 Å². The first-order chi connectivity index (χ1) is 12.8. The highest BCUT2D eigenvalue weighted by atomic mass is 127. The van der Waals surface area contributed by atoms with Gasteiger partial charge in [-0.05, 0) is 31.7 Å². The van der Waals surface area contributed by atoms with Gasteiger partial charge in [0.15, 0.2) is 5.96 Å². The first-order valence-electron chi connectivity index (χ1n) is 10.9. The largest absolute Gasteiger partial charge is 0.377 e. The molecule has 0 spiro atoms. The number of ether oxygens (including phenoxy) is 1. The quantitative estimate of drug-likeness (QED) is 0.328. The van der Waals surface area contributed by atoms with Crippen LogP contribution in [0.5, 0.6) is 0 Å². The van der Waals surface area contributed by atoms with E-state index in [1.54, 1.807) is 0 Å². The second-order valence-electron chi connectivity index (χ2n) is 9.21. The maximum absolute atomic E-state index is 6.11. The van der Waals surface area contributed by atoms with Gasteiger partial charge in [0.25, 0.3) is 0 Å². The van der Waals surface area contributed by atoms with Crippen molar-refractivity contribution in [3.63, 3.8) is 0 Å². The summed E-state index contributed by atoms with van der Waals surface area (Å²) < 4.78 is 6.11. The van der Waals surface area contributed by atoms with Crippen LogP contribution in [0, 0.1) is 11.3 Å². The third kappa shape index (κ3) is 7.95. The Hall–Kier alpha value is -0.120. The van der Waals surface area contributed by atoms with E-state index in [1.165, 1.54) is 19.5 Å². The van der Waals surface area contributed by atoms with Crippen LogP contribution in [0.2, 0.25) is 0 Å². The first kappa shape index (κ1) is 25.9. The number of hydrogen-bond acceptors (Lipinski definition) is 4. The molecule has 0 bridgehead atoms. The molecule has 0 aromatic carbocycles. The van der Waals surface area contributed by atoms with Crippen LogP contribution in [0.15, 0.2) is 4.99 Å². The SMILES string of the molecule is CCN1CCN(C(C)CNC(=NC)NCC2CCCOC2C(C)(C)C)CC1.I. The molecule has 0 saturated carbocycles. The highest BCUT2D eigenvalue weighted by Crippen LogP contribution is 2.33. The minimum Gasteiger partial charge on any atom is -0.377 e. The van der Waals surface area contributed by atoms with Crippen LogP contribution in [0.25, 0.3) is 0 Å². The fraction of sp³-hybridized carbons (Fsp3) is 0.952. The molecular formula is C21H44IN5O. The van der Waals surface area contributed by atoms with Gasteiger partial charge >= 0.3 is 0 Å². The zero-order chi connectivity index (χ0) is 19.9. The van der Waals surface area contributed by atoms with Crippen LogP contribution in [0.4, 0.5) is 0 Å². The smallest absolute Gasteiger partial charge is 0.191 e. The van der Waals surface area contributed by atoms with Gasteiger partial charge < -0.3 is 20.3 Å². The molecule has 2 aliphatic rings. The van der Waals surface area contributed by atoms with Crippen molar-refractivity contribution in [2.75, 3.05) is 59.5 Å². The van der Waals surface area contributed by atoms with Gasteiger partial charge in [-0.3, -0.25) is 9.89 Å². The molecule has 0 amide bonds. The molecule has 2 aliphatic heterocycles. The van der Waals surface area contributed by atoms with Crippen molar-refractivity contribution >= 4 is 29.9 Å². The normalized spacial score (nSPS) is 26.4. The van der Waals surface area contributed by atoms with Crippen LogP contribution in [0.3, 0.4) is 0 Å². The highest BCUT2D eigenvalue weighted by molar-refractivity contribution is 14.0. The van der Waals surface area contributed by atoms with Crippen LogP contribution in [0.1, 0.15) is 47.5 Å². The first-order valence-corrected chi connectivity index (χ1v) is 10.9.